The summed E-state index contributed by atoms with van der Waals surface area (Å²) in [6.45, 7) is 0.842. The molecule has 8 rings (SSSR count). The van der Waals surface area contributed by atoms with Crippen molar-refractivity contribution in [3.05, 3.63) is 101 Å². The van der Waals surface area contributed by atoms with Crippen molar-refractivity contribution in [2.45, 2.75) is 18.9 Å². The number of hydrogen-bond donors (Lipinski definition) is 0. The average Bonchev–Trinajstić information content (AvgIpc) is 3.08. The van der Waals surface area contributed by atoms with Gasteiger partial charge in [-0.2, -0.15) is 0 Å². The fourth-order valence-corrected chi connectivity index (χ4v) is 6.43. The van der Waals surface area contributed by atoms with Crippen LogP contribution in [0, 0.1) is 0 Å². The Hall–Kier alpha value is -5.28. The van der Waals surface area contributed by atoms with Crippen molar-refractivity contribution in [1.82, 2.24) is 9.88 Å². The van der Waals surface area contributed by atoms with E-state index in [1.165, 1.54) is 0 Å². The zero-order chi connectivity index (χ0) is 31.9. The number of rotatable bonds is 4. The first-order chi connectivity index (χ1) is 22.4. The fourth-order valence-electron chi connectivity index (χ4n) is 6.43. The molecular weight excluding hydrogens is 584 g/mol. The normalized spacial score (nSPS) is 15.8. The van der Waals surface area contributed by atoms with Gasteiger partial charge < -0.3 is 28.4 Å². The van der Waals surface area contributed by atoms with Crippen molar-refractivity contribution in [2.24, 2.45) is 0 Å². The molecule has 4 heterocycles. The van der Waals surface area contributed by atoms with E-state index in [0.29, 0.717) is 69.1 Å². The van der Waals surface area contributed by atoms with Crippen LogP contribution < -0.4 is 28.4 Å². The van der Waals surface area contributed by atoms with Gasteiger partial charge in [0.1, 0.15) is 11.4 Å². The molecule has 0 amide bonds. The predicted molar refractivity (Wildman–Crippen MR) is 174 cm³/mol. The molecule has 0 saturated carbocycles. The zero-order valence-electron chi connectivity index (χ0n) is 26.4. The summed E-state index contributed by atoms with van der Waals surface area (Å²) in [6.07, 6.45) is 3.08. The maximum absolute atomic E-state index is 13.9. The van der Waals surface area contributed by atoms with Crippen LogP contribution in [0.2, 0.25) is 0 Å². The SMILES string of the molecule is COc1ccc2cc1Oc1ccc(cc1)C(=O)c1nccc3cc(OC)c(cc13)Oc1c(OC)c(OC)cc3c1[C@H](C2)N(C)CC3. The molecule has 9 heteroatoms. The third-order valence-corrected chi connectivity index (χ3v) is 8.83. The number of methoxy groups -OCH3 is 4. The molecule has 9 nitrogen and oxygen atoms in total. The van der Waals surface area contributed by atoms with Crippen LogP contribution in [0.4, 0.5) is 0 Å². The lowest BCUT2D eigenvalue weighted by Crippen LogP contribution is -2.34. The van der Waals surface area contributed by atoms with Gasteiger partial charge in [0.05, 0.1) is 28.4 Å². The Morgan fingerprint density at radius 1 is 0.804 bits per heavy atom. The molecule has 4 aromatic carbocycles. The van der Waals surface area contributed by atoms with Gasteiger partial charge in [0.25, 0.3) is 0 Å². The summed E-state index contributed by atoms with van der Waals surface area (Å²) in [5.74, 6) is 4.04. The monoisotopic (exact) mass is 618 g/mol. The number of benzene rings is 4. The van der Waals surface area contributed by atoms with Crippen LogP contribution >= 0.6 is 0 Å². The van der Waals surface area contributed by atoms with Crippen LogP contribution in [0.25, 0.3) is 10.8 Å². The highest BCUT2D eigenvalue weighted by Gasteiger charge is 2.34. The van der Waals surface area contributed by atoms with Crippen LogP contribution in [0.3, 0.4) is 0 Å². The molecule has 0 radical (unpaired) electrons. The number of ketones is 1. The molecule has 0 saturated heterocycles. The summed E-state index contributed by atoms with van der Waals surface area (Å²) in [5.41, 5.74) is 3.92. The van der Waals surface area contributed by atoms with Crippen LogP contribution in [-0.2, 0) is 12.8 Å². The molecular formula is C37H34N2O7. The maximum atomic E-state index is 13.9. The number of hydrogen-bond acceptors (Lipinski definition) is 9. The lowest BCUT2D eigenvalue weighted by Gasteiger charge is -2.37. The van der Waals surface area contributed by atoms with Gasteiger partial charge >= 0.3 is 0 Å². The second kappa shape index (κ2) is 11.9. The van der Waals surface area contributed by atoms with Crippen molar-refractivity contribution >= 4 is 16.6 Å². The first kappa shape index (κ1) is 29.4. The highest BCUT2D eigenvalue weighted by molar-refractivity contribution is 6.15. The van der Waals surface area contributed by atoms with Crippen molar-refractivity contribution in [2.75, 3.05) is 42.0 Å². The van der Waals surface area contributed by atoms with E-state index in [-0.39, 0.29) is 11.8 Å². The van der Waals surface area contributed by atoms with Gasteiger partial charge in [-0.1, -0.05) is 6.07 Å². The minimum absolute atomic E-state index is 0.0803. The third-order valence-electron chi connectivity index (χ3n) is 8.83. The van der Waals surface area contributed by atoms with E-state index in [9.17, 15) is 4.79 Å². The quantitative estimate of drug-likeness (QED) is 0.208. The number of carbonyl (C=O) groups excluding carboxylic acids is 1. The van der Waals surface area contributed by atoms with Gasteiger partial charge in [0.2, 0.25) is 11.5 Å². The Kier molecular flexibility index (Phi) is 7.62. The molecule has 3 aliphatic rings. The van der Waals surface area contributed by atoms with Crippen LogP contribution in [0.5, 0.6) is 46.0 Å². The van der Waals surface area contributed by atoms with E-state index in [2.05, 4.69) is 23.0 Å². The number of ether oxygens (including phenoxy) is 6. The first-order valence-electron chi connectivity index (χ1n) is 15.0. The summed E-state index contributed by atoms with van der Waals surface area (Å²) in [7, 11) is 8.55. The molecule has 46 heavy (non-hydrogen) atoms. The lowest BCUT2D eigenvalue weighted by atomic mass is 9.87. The molecule has 1 aromatic heterocycles. The first-order valence-corrected chi connectivity index (χ1v) is 15.0. The Morgan fingerprint density at radius 2 is 1.57 bits per heavy atom. The van der Waals surface area contributed by atoms with Crippen molar-refractivity contribution in [3.63, 3.8) is 0 Å². The molecule has 5 aromatic rings. The van der Waals surface area contributed by atoms with E-state index in [0.717, 1.165) is 35.0 Å². The summed E-state index contributed by atoms with van der Waals surface area (Å²) in [6, 6.07) is 20.5. The van der Waals surface area contributed by atoms with Crippen molar-refractivity contribution in [1.29, 1.82) is 0 Å². The Morgan fingerprint density at radius 3 is 2.30 bits per heavy atom. The number of aromatic nitrogens is 1. The molecule has 6 bridgehead atoms. The summed E-state index contributed by atoms with van der Waals surface area (Å²) < 4.78 is 36.4. The molecule has 234 valence electrons. The zero-order valence-corrected chi connectivity index (χ0v) is 26.4. The minimum atomic E-state index is -0.230. The molecule has 0 unspecified atom stereocenters. The van der Waals surface area contributed by atoms with E-state index in [1.54, 1.807) is 58.9 Å². The summed E-state index contributed by atoms with van der Waals surface area (Å²) >= 11 is 0. The predicted octanol–water partition coefficient (Wildman–Crippen LogP) is 7.17. The van der Waals surface area contributed by atoms with Gasteiger partial charge in [-0.25, -0.2) is 0 Å². The van der Waals surface area contributed by atoms with E-state index in [1.807, 2.05) is 36.4 Å². The van der Waals surface area contributed by atoms with E-state index in [4.69, 9.17) is 28.4 Å². The van der Waals surface area contributed by atoms with Gasteiger partial charge in [0.15, 0.2) is 34.5 Å². The van der Waals surface area contributed by atoms with E-state index >= 15 is 0 Å². The second-order valence-corrected chi connectivity index (χ2v) is 11.4. The highest BCUT2D eigenvalue weighted by Crippen LogP contribution is 2.51. The van der Waals surface area contributed by atoms with Crippen molar-refractivity contribution in [3.8, 4) is 46.0 Å². The molecule has 0 spiro atoms. The number of nitrogens with zero attached hydrogens (tertiary/aromatic N) is 2. The standard InChI is InChI=1S/C37H34N2O7/c1-39-15-13-24-19-32(43-4)36(44-5)37-33(24)27(39)16-21-6-11-28(41-2)30(17-21)45-25-9-7-22(8-10-25)35(40)34-26-20-31(46-37)29(42-3)18-23(26)12-14-38-34/h6-12,14,17-20,27H,13,15-16H2,1-5H3/t27-/m0/s1. The van der Waals surface area contributed by atoms with Gasteiger partial charge in [-0.15, -0.1) is 0 Å². The molecule has 3 aliphatic heterocycles. The Balaban J connectivity index is 1.52. The lowest BCUT2D eigenvalue weighted by molar-refractivity contribution is 0.103. The van der Waals surface area contributed by atoms with Gasteiger partial charge in [0, 0.05) is 35.3 Å². The summed E-state index contributed by atoms with van der Waals surface area (Å²) in [5, 5.41) is 1.42. The molecule has 1 atom stereocenters. The van der Waals surface area contributed by atoms with Gasteiger partial charge in [-0.3, -0.25) is 14.7 Å². The topological polar surface area (TPSA) is 88.6 Å². The molecule has 0 N–H and O–H groups in total. The largest absolute Gasteiger partial charge is 0.493 e. The van der Waals surface area contributed by atoms with Crippen molar-refractivity contribution < 1.29 is 33.2 Å². The molecule has 0 fully saturated rings. The fraction of sp³-hybridized carbons (Fsp3) is 0.243. The Bertz CT molecular complexity index is 1970. The Labute approximate surface area is 267 Å². The van der Waals surface area contributed by atoms with Crippen LogP contribution in [0.1, 0.15) is 38.8 Å². The smallest absolute Gasteiger partial charge is 0.211 e. The maximum Gasteiger partial charge on any atom is 0.211 e. The minimum Gasteiger partial charge on any atom is -0.493 e. The van der Waals surface area contributed by atoms with Crippen LogP contribution in [-0.4, -0.2) is 57.7 Å². The number of carbonyl (C=O) groups is 1. The molecule has 0 aliphatic carbocycles. The highest BCUT2D eigenvalue weighted by atomic mass is 16.5. The number of likely N-dealkylation sites (N-methyl/N-ethyl adjacent to an activating group) is 1. The average molecular weight is 619 g/mol. The summed E-state index contributed by atoms with van der Waals surface area (Å²) in [4.78, 5) is 20.7. The number of pyridine rings is 1. The number of fused-ring (bicyclic) bond motifs is 2. The third kappa shape index (κ3) is 5.02. The second-order valence-electron chi connectivity index (χ2n) is 11.4. The van der Waals surface area contributed by atoms with E-state index < -0.39 is 0 Å². The van der Waals surface area contributed by atoms with Crippen LogP contribution in [0.15, 0.2) is 72.9 Å². The van der Waals surface area contributed by atoms with Gasteiger partial charge in [-0.05, 0) is 97.1 Å².